The summed E-state index contributed by atoms with van der Waals surface area (Å²) in [5.41, 5.74) is 14.1. The summed E-state index contributed by atoms with van der Waals surface area (Å²) in [7, 11) is 0. The molecule has 2 unspecified atom stereocenters. The molecular formula is C53H40N4O. The quantitative estimate of drug-likeness (QED) is 0.115. The molecule has 0 saturated carbocycles. The van der Waals surface area contributed by atoms with E-state index < -0.39 is 0 Å². The Hall–Kier alpha value is -7.24. The first-order valence-corrected chi connectivity index (χ1v) is 20.1. The highest BCUT2D eigenvalue weighted by atomic mass is 16.3. The van der Waals surface area contributed by atoms with Gasteiger partial charge in [0.1, 0.15) is 11.2 Å². The molecule has 0 spiro atoms. The molecule has 0 bridgehead atoms. The maximum atomic E-state index is 6.45. The molecule has 5 heteroatoms. The van der Waals surface area contributed by atoms with E-state index in [9.17, 15) is 0 Å². The summed E-state index contributed by atoms with van der Waals surface area (Å²) in [5.74, 6) is 0.374. The molecule has 0 saturated heterocycles. The van der Waals surface area contributed by atoms with Gasteiger partial charge >= 0.3 is 0 Å². The van der Waals surface area contributed by atoms with Gasteiger partial charge in [0.2, 0.25) is 0 Å². The number of aliphatic imine (C=N–C) groups is 2. The Bertz CT molecular complexity index is 3120. The highest BCUT2D eigenvalue weighted by Crippen LogP contribution is 2.53. The largest absolute Gasteiger partial charge is 0.456 e. The number of nitrogens with zero attached hydrogens (tertiary/aromatic N) is 4. The Morgan fingerprint density at radius 3 is 2.17 bits per heavy atom. The molecule has 0 amide bonds. The third-order valence-corrected chi connectivity index (χ3v) is 12.0. The van der Waals surface area contributed by atoms with Crippen LogP contribution in [0.15, 0.2) is 196 Å². The summed E-state index contributed by atoms with van der Waals surface area (Å²) in [5, 5.41) is 4.84. The lowest BCUT2D eigenvalue weighted by atomic mass is 9.85. The van der Waals surface area contributed by atoms with Crippen molar-refractivity contribution in [1.82, 2.24) is 4.57 Å². The molecule has 9 aromatic rings. The molecule has 2 atom stereocenters. The number of anilines is 2. The monoisotopic (exact) mass is 748 g/mol. The molecule has 1 aliphatic heterocycles. The maximum Gasteiger partial charge on any atom is 0.136 e. The normalized spacial score (nSPS) is 16.7. The van der Waals surface area contributed by atoms with E-state index in [0.717, 1.165) is 63.2 Å². The first kappa shape index (κ1) is 34.0. The van der Waals surface area contributed by atoms with Crippen LogP contribution in [0.5, 0.6) is 0 Å². The Labute approximate surface area is 337 Å². The molecule has 0 N–H and O–H groups in total. The standard InChI is InChI=1S/C53H40N4O/c1-54-44(36-17-5-2-6-18-36)32-45(37-19-7-3-8-20-37)55-34-35-16-15-23-39(30-35)57-46-26-13-11-24-40(46)42-31-43-49(33-48(42)57)56(38-21-9-4-10-22-38)47-28-29-51-53(52(43)47)41-25-12-14-27-50(41)58-51/h2-23,25,27-33,40,46H,1,24,26,34H2/b44-32-,55-45?. The van der Waals surface area contributed by atoms with E-state index in [4.69, 9.17) is 9.41 Å². The van der Waals surface area contributed by atoms with Crippen LogP contribution in [-0.2, 0) is 6.54 Å². The molecule has 0 radical (unpaired) electrons. The molecule has 2 aromatic heterocycles. The van der Waals surface area contributed by atoms with Gasteiger partial charge in [-0.05, 0) is 96.9 Å². The van der Waals surface area contributed by atoms with Gasteiger partial charge in [0, 0.05) is 56.1 Å². The van der Waals surface area contributed by atoms with Crippen LogP contribution in [0.1, 0.15) is 41.0 Å². The molecule has 11 rings (SSSR count). The number of benzene rings is 7. The first-order valence-electron chi connectivity index (χ1n) is 20.1. The molecule has 0 fully saturated rings. The Morgan fingerprint density at radius 1 is 0.638 bits per heavy atom. The second kappa shape index (κ2) is 14.1. The van der Waals surface area contributed by atoms with Crippen molar-refractivity contribution >= 4 is 73.2 Å². The van der Waals surface area contributed by atoms with Crippen LogP contribution in [-0.4, -0.2) is 23.0 Å². The lowest BCUT2D eigenvalue weighted by molar-refractivity contribution is 0.546. The van der Waals surface area contributed by atoms with Crippen molar-refractivity contribution in [3.05, 3.63) is 204 Å². The third-order valence-electron chi connectivity index (χ3n) is 12.0. The number of furan rings is 1. The predicted octanol–water partition coefficient (Wildman–Crippen LogP) is 13.4. The number of aromatic nitrogens is 1. The minimum atomic E-state index is 0.311. The second-order valence-corrected chi connectivity index (χ2v) is 15.3. The average Bonchev–Trinajstić information content (AvgIpc) is 3.94. The average molecular weight is 749 g/mol. The fourth-order valence-corrected chi connectivity index (χ4v) is 9.43. The summed E-state index contributed by atoms with van der Waals surface area (Å²) in [4.78, 5) is 12.2. The van der Waals surface area contributed by atoms with Crippen LogP contribution in [0.2, 0.25) is 0 Å². The molecule has 7 aromatic carbocycles. The van der Waals surface area contributed by atoms with Gasteiger partial charge < -0.3 is 13.9 Å². The van der Waals surface area contributed by atoms with Crippen LogP contribution in [0.3, 0.4) is 0 Å². The van der Waals surface area contributed by atoms with Crippen molar-refractivity contribution in [3.8, 4) is 5.69 Å². The Kier molecular flexibility index (Phi) is 8.25. The lowest BCUT2D eigenvalue weighted by Crippen LogP contribution is -2.31. The number of hydrogen-bond acceptors (Lipinski definition) is 4. The lowest BCUT2D eigenvalue weighted by Gasteiger charge is -2.31. The summed E-state index contributed by atoms with van der Waals surface area (Å²) in [6.45, 7) is 4.42. The zero-order valence-electron chi connectivity index (χ0n) is 32.0. The molecule has 58 heavy (non-hydrogen) atoms. The van der Waals surface area contributed by atoms with Crippen molar-refractivity contribution in [2.24, 2.45) is 9.98 Å². The number of hydrogen-bond donors (Lipinski definition) is 0. The molecule has 1 aliphatic carbocycles. The molecular weight excluding hydrogens is 709 g/mol. The minimum Gasteiger partial charge on any atom is -0.456 e. The molecule has 278 valence electrons. The number of allylic oxidation sites excluding steroid dienone is 2. The predicted molar refractivity (Wildman–Crippen MR) is 242 cm³/mol. The highest BCUT2D eigenvalue weighted by molar-refractivity contribution is 6.27. The van der Waals surface area contributed by atoms with E-state index in [1.54, 1.807) is 0 Å². The van der Waals surface area contributed by atoms with Gasteiger partial charge in [0.15, 0.2) is 0 Å². The van der Waals surface area contributed by atoms with Crippen LogP contribution < -0.4 is 4.90 Å². The third kappa shape index (κ3) is 5.61. The smallest absolute Gasteiger partial charge is 0.136 e. The van der Waals surface area contributed by atoms with Crippen LogP contribution in [0, 0.1) is 0 Å². The summed E-state index contributed by atoms with van der Waals surface area (Å²) in [6, 6.07) is 58.3. The van der Waals surface area contributed by atoms with Crippen LogP contribution in [0.25, 0.3) is 55.1 Å². The van der Waals surface area contributed by atoms with Gasteiger partial charge in [-0.1, -0.05) is 121 Å². The van der Waals surface area contributed by atoms with Gasteiger partial charge in [-0.2, -0.15) is 0 Å². The van der Waals surface area contributed by atoms with E-state index in [0.29, 0.717) is 18.5 Å². The summed E-state index contributed by atoms with van der Waals surface area (Å²) < 4.78 is 8.89. The van der Waals surface area contributed by atoms with Gasteiger partial charge in [-0.25, -0.2) is 0 Å². The van der Waals surface area contributed by atoms with Crippen LogP contribution in [0.4, 0.5) is 11.4 Å². The van der Waals surface area contributed by atoms with E-state index >= 15 is 0 Å². The summed E-state index contributed by atoms with van der Waals surface area (Å²) in [6.07, 6.45) is 8.79. The number of fused-ring (bicyclic) bond motifs is 10. The first-order chi connectivity index (χ1) is 28.7. The topological polar surface area (TPSA) is 46.0 Å². The van der Waals surface area contributed by atoms with Gasteiger partial charge in [0.25, 0.3) is 0 Å². The van der Waals surface area contributed by atoms with E-state index in [-0.39, 0.29) is 0 Å². The zero-order valence-corrected chi connectivity index (χ0v) is 32.0. The highest BCUT2D eigenvalue weighted by Gasteiger charge is 2.40. The Balaban J connectivity index is 1.06. The van der Waals surface area contributed by atoms with Crippen molar-refractivity contribution in [1.29, 1.82) is 0 Å². The zero-order chi connectivity index (χ0) is 38.6. The van der Waals surface area contributed by atoms with Crippen molar-refractivity contribution in [2.75, 3.05) is 4.90 Å². The van der Waals surface area contributed by atoms with Gasteiger partial charge in [-0.15, -0.1) is 0 Å². The van der Waals surface area contributed by atoms with E-state index in [1.165, 1.54) is 44.1 Å². The van der Waals surface area contributed by atoms with Crippen LogP contribution >= 0.6 is 0 Å². The number of rotatable bonds is 8. The van der Waals surface area contributed by atoms with Gasteiger partial charge in [0.05, 0.1) is 29.0 Å². The maximum absolute atomic E-state index is 6.45. The van der Waals surface area contributed by atoms with Gasteiger partial charge in [-0.3, -0.25) is 9.98 Å². The molecule has 2 aliphatic rings. The van der Waals surface area contributed by atoms with E-state index in [1.807, 2.05) is 30.3 Å². The number of para-hydroxylation sites is 2. The van der Waals surface area contributed by atoms with E-state index in [2.05, 4.69) is 173 Å². The fraction of sp³-hybridized carbons (Fsp3) is 0.0943. The summed E-state index contributed by atoms with van der Waals surface area (Å²) >= 11 is 0. The Morgan fingerprint density at radius 2 is 1.36 bits per heavy atom. The second-order valence-electron chi connectivity index (χ2n) is 15.3. The molecule has 5 nitrogen and oxygen atoms in total. The SMILES string of the molecule is C=N/C(=C\C(=NCc1cccc(N2c3cc4c(cc3C3CC=CCC32)c2c3c(ccc2n4-c2ccccc2)oc2ccccc23)c1)c1ccccc1)c1ccccc1. The minimum absolute atomic E-state index is 0.311. The van der Waals surface area contributed by atoms with Crippen molar-refractivity contribution in [3.63, 3.8) is 0 Å². The van der Waals surface area contributed by atoms with Crippen molar-refractivity contribution < 1.29 is 4.42 Å². The fourth-order valence-electron chi connectivity index (χ4n) is 9.43. The molecule has 3 heterocycles. The van der Waals surface area contributed by atoms with Crippen molar-refractivity contribution in [2.45, 2.75) is 31.3 Å².